The predicted octanol–water partition coefficient (Wildman–Crippen LogP) is 3.69. The van der Waals surface area contributed by atoms with Gasteiger partial charge in [-0.15, -0.1) is 0 Å². The minimum absolute atomic E-state index is 0.0930. The van der Waals surface area contributed by atoms with Crippen LogP contribution in [0.1, 0.15) is 39.0 Å². The van der Waals surface area contributed by atoms with Gasteiger partial charge in [0.2, 0.25) is 21.9 Å². The number of carbonyl (C=O) groups is 1. The van der Waals surface area contributed by atoms with Gasteiger partial charge in [-0.05, 0) is 43.5 Å². The van der Waals surface area contributed by atoms with Gasteiger partial charge in [-0.25, -0.2) is 18.1 Å². The second-order valence-electron chi connectivity index (χ2n) is 8.14. The molecule has 34 heavy (non-hydrogen) atoms. The highest BCUT2D eigenvalue weighted by atomic mass is 32.2. The smallest absolute Gasteiger partial charge is 0.240 e. The summed E-state index contributed by atoms with van der Waals surface area (Å²) in [5.41, 5.74) is 1.86. The number of sulfonamides is 1. The Bertz CT molecular complexity index is 1260. The number of aromatic nitrogens is 2. The van der Waals surface area contributed by atoms with Crippen LogP contribution in [0.4, 0.5) is 5.95 Å². The van der Waals surface area contributed by atoms with Crippen molar-refractivity contribution in [3.05, 3.63) is 42.5 Å². The molecule has 0 fully saturated rings. The number of nitrogens with one attached hydrogen (secondary N) is 2. The van der Waals surface area contributed by atoms with Crippen LogP contribution in [0.3, 0.4) is 0 Å². The molecular weight excluding hydrogens is 456 g/mol. The van der Waals surface area contributed by atoms with Crippen LogP contribution in [0.25, 0.3) is 11.0 Å². The first-order valence-corrected chi connectivity index (χ1v) is 13.1. The Hall–Kier alpha value is -3.11. The lowest BCUT2D eigenvalue weighted by atomic mass is 10.2. The molecule has 4 rings (SSSR count). The van der Waals surface area contributed by atoms with E-state index in [1.54, 1.807) is 6.07 Å². The van der Waals surface area contributed by atoms with Gasteiger partial charge in [0.25, 0.3) is 0 Å². The number of nitrogens with zero attached hydrogens (tertiary/aromatic N) is 2. The number of imidazole rings is 1. The van der Waals surface area contributed by atoms with Crippen molar-refractivity contribution in [1.82, 2.24) is 14.3 Å². The number of ether oxygens (including phenoxy) is 2. The molecule has 0 saturated heterocycles. The summed E-state index contributed by atoms with van der Waals surface area (Å²) < 4.78 is 40.6. The zero-order valence-electron chi connectivity index (χ0n) is 19.2. The van der Waals surface area contributed by atoms with Crippen LogP contribution in [0, 0.1) is 0 Å². The van der Waals surface area contributed by atoms with Crippen molar-refractivity contribution < 1.29 is 22.7 Å². The largest absolute Gasteiger partial charge is 0.486 e. The Morgan fingerprint density at radius 3 is 2.68 bits per heavy atom. The monoisotopic (exact) mass is 486 g/mol. The van der Waals surface area contributed by atoms with Crippen LogP contribution < -0.4 is 19.5 Å². The van der Waals surface area contributed by atoms with Crippen molar-refractivity contribution in [2.45, 2.75) is 50.5 Å². The summed E-state index contributed by atoms with van der Waals surface area (Å²) in [4.78, 5) is 17.1. The van der Waals surface area contributed by atoms with Crippen LogP contribution in [-0.2, 0) is 21.4 Å². The van der Waals surface area contributed by atoms with Crippen LogP contribution in [0.2, 0.25) is 0 Å². The minimum atomic E-state index is -3.64. The molecule has 10 heteroatoms. The van der Waals surface area contributed by atoms with E-state index in [2.05, 4.69) is 21.9 Å². The van der Waals surface area contributed by atoms with Gasteiger partial charge in [-0.2, -0.15) is 0 Å². The molecule has 182 valence electrons. The number of aryl methyl sites for hydroxylation is 1. The van der Waals surface area contributed by atoms with Crippen molar-refractivity contribution in [2.75, 3.05) is 25.1 Å². The molecule has 0 unspecified atom stereocenters. The zero-order valence-corrected chi connectivity index (χ0v) is 20.1. The number of para-hydroxylation sites is 2. The van der Waals surface area contributed by atoms with E-state index in [1.807, 2.05) is 28.8 Å². The van der Waals surface area contributed by atoms with Gasteiger partial charge in [0.05, 0.1) is 15.9 Å². The molecule has 2 heterocycles. The quantitative estimate of drug-likeness (QED) is 0.400. The summed E-state index contributed by atoms with van der Waals surface area (Å²) in [5, 5.41) is 2.93. The molecule has 0 radical (unpaired) electrons. The van der Waals surface area contributed by atoms with Gasteiger partial charge >= 0.3 is 0 Å². The molecule has 0 saturated carbocycles. The number of anilines is 1. The fourth-order valence-electron chi connectivity index (χ4n) is 3.88. The molecular formula is C24H30N4O5S. The van der Waals surface area contributed by atoms with Crippen LogP contribution >= 0.6 is 0 Å². The number of amides is 1. The number of hydrogen-bond acceptors (Lipinski definition) is 6. The van der Waals surface area contributed by atoms with Crippen molar-refractivity contribution in [3.8, 4) is 11.5 Å². The maximum absolute atomic E-state index is 12.5. The Labute approximate surface area is 199 Å². The molecule has 9 nitrogen and oxygen atoms in total. The maximum atomic E-state index is 12.5. The normalized spacial score (nSPS) is 13.2. The Balaban J connectivity index is 1.21. The summed E-state index contributed by atoms with van der Waals surface area (Å²) in [7, 11) is -3.64. The molecule has 2 aromatic carbocycles. The van der Waals surface area contributed by atoms with E-state index in [1.165, 1.54) is 12.1 Å². The van der Waals surface area contributed by atoms with Crippen molar-refractivity contribution in [3.63, 3.8) is 0 Å². The number of fused-ring (bicyclic) bond motifs is 2. The van der Waals surface area contributed by atoms with Crippen LogP contribution in [-0.4, -0.2) is 43.6 Å². The van der Waals surface area contributed by atoms with Gasteiger partial charge in [-0.1, -0.05) is 25.5 Å². The Morgan fingerprint density at radius 1 is 1.06 bits per heavy atom. The molecule has 0 aliphatic carbocycles. The molecule has 1 amide bonds. The van der Waals surface area contributed by atoms with E-state index < -0.39 is 10.0 Å². The number of hydrogen-bond donors (Lipinski definition) is 2. The topological polar surface area (TPSA) is 112 Å². The van der Waals surface area contributed by atoms with Gasteiger partial charge in [-0.3, -0.25) is 10.1 Å². The first kappa shape index (κ1) is 24.0. The van der Waals surface area contributed by atoms with Gasteiger partial charge in [0.1, 0.15) is 13.2 Å². The summed E-state index contributed by atoms with van der Waals surface area (Å²) in [5.74, 6) is 1.46. The Kier molecular flexibility index (Phi) is 7.69. The van der Waals surface area contributed by atoms with E-state index in [0.717, 1.165) is 30.4 Å². The van der Waals surface area contributed by atoms with E-state index in [4.69, 9.17) is 9.47 Å². The lowest BCUT2D eigenvalue weighted by Gasteiger charge is -2.18. The van der Waals surface area contributed by atoms with E-state index in [0.29, 0.717) is 56.5 Å². The summed E-state index contributed by atoms with van der Waals surface area (Å²) in [6.07, 6.45) is 3.30. The second-order valence-corrected chi connectivity index (χ2v) is 9.90. The third-order valence-corrected chi connectivity index (χ3v) is 7.01. The fourth-order valence-corrected chi connectivity index (χ4v) is 4.97. The molecule has 0 atom stereocenters. The van der Waals surface area contributed by atoms with E-state index in [-0.39, 0.29) is 10.8 Å². The van der Waals surface area contributed by atoms with Crippen molar-refractivity contribution >= 4 is 32.9 Å². The third-order valence-electron chi connectivity index (χ3n) is 5.55. The van der Waals surface area contributed by atoms with Crippen LogP contribution in [0.15, 0.2) is 47.4 Å². The number of unbranched alkanes of at least 4 members (excludes halogenated alkanes) is 2. The van der Waals surface area contributed by atoms with Gasteiger partial charge in [0.15, 0.2) is 11.5 Å². The number of carbonyl (C=O) groups excluding carboxylic acids is 1. The highest BCUT2D eigenvalue weighted by Crippen LogP contribution is 2.32. The summed E-state index contributed by atoms with van der Waals surface area (Å²) in [6.45, 7) is 4.01. The molecule has 1 aromatic heterocycles. The number of rotatable bonds is 11. The molecule has 2 N–H and O–H groups in total. The summed E-state index contributed by atoms with van der Waals surface area (Å²) in [6, 6.07) is 12.4. The van der Waals surface area contributed by atoms with Gasteiger partial charge in [0, 0.05) is 25.6 Å². The van der Waals surface area contributed by atoms with Crippen molar-refractivity contribution in [2.24, 2.45) is 0 Å². The van der Waals surface area contributed by atoms with E-state index >= 15 is 0 Å². The Morgan fingerprint density at radius 2 is 1.85 bits per heavy atom. The highest BCUT2D eigenvalue weighted by molar-refractivity contribution is 7.89. The average molecular weight is 487 g/mol. The number of benzene rings is 2. The molecule has 1 aliphatic heterocycles. The predicted molar refractivity (Wildman–Crippen MR) is 130 cm³/mol. The van der Waals surface area contributed by atoms with E-state index in [9.17, 15) is 13.2 Å². The lowest BCUT2D eigenvalue weighted by Crippen LogP contribution is -2.25. The first-order chi connectivity index (χ1) is 16.5. The maximum Gasteiger partial charge on any atom is 0.240 e. The molecule has 0 bridgehead atoms. The SMILES string of the molecule is CCCn1c(NC(=O)CCCCCNS(=O)(=O)c2ccc3c(c2)OCCO3)nc2ccccc21. The standard InChI is InChI=1S/C24H30N4O5S/c1-2-14-28-20-9-6-5-8-19(20)26-24(28)27-23(29)10-4-3-7-13-25-34(30,31)18-11-12-21-22(17-18)33-16-15-32-21/h5-6,8-9,11-12,17,25H,2-4,7,10,13-16H2,1H3,(H,26,27,29). The minimum Gasteiger partial charge on any atom is -0.486 e. The lowest BCUT2D eigenvalue weighted by molar-refractivity contribution is -0.116. The third kappa shape index (κ3) is 5.68. The van der Waals surface area contributed by atoms with Gasteiger partial charge < -0.3 is 14.0 Å². The first-order valence-electron chi connectivity index (χ1n) is 11.6. The van der Waals surface area contributed by atoms with Crippen LogP contribution in [0.5, 0.6) is 11.5 Å². The molecule has 1 aliphatic rings. The fraction of sp³-hybridized carbons (Fsp3) is 0.417. The molecule has 0 spiro atoms. The zero-order chi connectivity index (χ0) is 24.0. The average Bonchev–Trinajstić information content (AvgIpc) is 3.18. The molecule has 3 aromatic rings. The highest BCUT2D eigenvalue weighted by Gasteiger charge is 2.19. The van der Waals surface area contributed by atoms with Crippen molar-refractivity contribution in [1.29, 1.82) is 0 Å². The second kappa shape index (κ2) is 10.9. The summed E-state index contributed by atoms with van der Waals surface area (Å²) >= 11 is 0.